The van der Waals surface area contributed by atoms with E-state index in [0.717, 1.165) is 38.3 Å². The van der Waals surface area contributed by atoms with E-state index in [-0.39, 0.29) is 0 Å². The third-order valence-electron chi connectivity index (χ3n) is 3.14. The Bertz CT molecular complexity index is 508. The van der Waals surface area contributed by atoms with Gasteiger partial charge in [0.05, 0.1) is 6.61 Å². The lowest BCUT2D eigenvalue weighted by molar-refractivity contribution is 0.318. The molecule has 0 saturated heterocycles. The summed E-state index contributed by atoms with van der Waals surface area (Å²) in [5, 5.41) is 5.56. The number of ether oxygens (including phenoxy) is 1. The van der Waals surface area contributed by atoms with E-state index in [9.17, 15) is 0 Å². The summed E-state index contributed by atoms with van der Waals surface area (Å²) < 4.78 is 5.96. The number of benzene rings is 1. The summed E-state index contributed by atoms with van der Waals surface area (Å²) in [6, 6.07) is 10.7. The highest BCUT2D eigenvalue weighted by molar-refractivity contribution is 7.09. The molecule has 1 aromatic carbocycles. The van der Waals surface area contributed by atoms with Gasteiger partial charge in [0.2, 0.25) is 0 Å². The molecule has 2 aromatic rings. The van der Waals surface area contributed by atoms with E-state index in [2.05, 4.69) is 54.9 Å². The second-order valence-corrected chi connectivity index (χ2v) is 6.00. The lowest BCUT2D eigenvalue weighted by atomic mass is 10.1. The second-order valence-electron chi connectivity index (χ2n) is 4.97. The van der Waals surface area contributed by atoms with Gasteiger partial charge >= 0.3 is 0 Å². The first-order chi connectivity index (χ1) is 9.79. The standard InChI is InChI=1S/C17H23NOS/c1-3-9-18-13-15-12-14(2)6-7-17(15)19-10-8-16-5-4-11-20-16/h4-7,11-12,18H,3,8-10,13H2,1-2H3. The molecule has 0 spiro atoms. The minimum absolute atomic E-state index is 0.740. The van der Waals surface area contributed by atoms with Crippen molar-refractivity contribution in [3.63, 3.8) is 0 Å². The molecule has 108 valence electrons. The Morgan fingerprint density at radius 1 is 1.25 bits per heavy atom. The fourth-order valence-corrected chi connectivity index (χ4v) is 2.79. The van der Waals surface area contributed by atoms with Crippen molar-refractivity contribution in [2.24, 2.45) is 0 Å². The first kappa shape index (κ1) is 15.1. The maximum atomic E-state index is 5.96. The molecule has 0 aliphatic carbocycles. The summed E-state index contributed by atoms with van der Waals surface area (Å²) in [5.41, 5.74) is 2.54. The third-order valence-corrected chi connectivity index (χ3v) is 4.08. The molecule has 3 heteroatoms. The molecule has 0 unspecified atom stereocenters. The zero-order valence-electron chi connectivity index (χ0n) is 12.3. The van der Waals surface area contributed by atoms with Crippen molar-refractivity contribution in [1.29, 1.82) is 0 Å². The van der Waals surface area contributed by atoms with Gasteiger partial charge in [-0.3, -0.25) is 0 Å². The van der Waals surface area contributed by atoms with Crippen LogP contribution in [0.25, 0.3) is 0 Å². The van der Waals surface area contributed by atoms with Gasteiger partial charge in [0.25, 0.3) is 0 Å². The normalized spacial score (nSPS) is 10.7. The maximum absolute atomic E-state index is 5.96. The van der Waals surface area contributed by atoms with Crippen molar-refractivity contribution >= 4 is 11.3 Å². The summed E-state index contributed by atoms with van der Waals surface area (Å²) in [6.07, 6.45) is 2.13. The first-order valence-electron chi connectivity index (χ1n) is 7.25. The Balaban J connectivity index is 1.91. The van der Waals surface area contributed by atoms with Crippen LogP contribution in [-0.4, -0.2) is 13.2 Å². The molecule has 0 saturated carbocycles. The van der Waals surface area contributed by atoms with Crippen molar-refractivity contribution < 1.29 is 4.74 Å². The Morgan fingerprint density at radius 3 is 2.90 bits per heavy atom. The molecule has 2 nitrogen and oxygen atoms in total. The van der Waals surface area contributed by atoms with Crippen molar-refractivity contribution in [3.05, 3.63) is 51.7 Å². The van der Waals surface area contributed by atoms with Crippen molar-refractivity contribution in [3.8, 4) is 5.75 Å². The molecule has 20 heavy (non-hydrogen) atoms. The van der Waals surface area contributed by atoms with Gasteiger partial charge in [-0.05, 0) is 37.4 Å². The Kier molecular flexibility index (Phi) is 6.09. The van der Waals surface area contributed by atoms with Gasteiger partial charge in [0, 0.05) is 23.4 Å². The van der Waals surface area contributed by atoms with Crippen LogP contribution < -0.4 is 10.1 Å². The average molecular weight is 289 g/mol. The minimum Gasteiger partial charge on any atom is -0.493 e. The largest absolute Gasteiger partial charge is 0.493 e. The van der Waals surface area contributed by atoms with Crippen LogP contribution >= 0.6 is 11.3 Å². The molecule has 0 aliphatic heterocycles. The molecular weight excluding hydrogens is 266 g/mol. The van der Waals surface area contributed by atoms with Crippen LogP contribution in [0.2, 0.25) is 0 Å². The topological polar surface area (TPSA) is 21.3 Å². The smallest absolute Gasteiger partial charge is 0.123 e. The highest BCUT2D eigenvalue weighted by atomic mass is 32.1. The van der Waals surface area contributed by atoms with E-state index in [0.29, 0.717) is 0 Å². The van der Waals surface area contributed by atoms with Gasteiger partial charge in [-0.25, -0.2) is 0 Å². The molecule has 1 aromatic heterocycles. The molecule has 1 heterocycles. The van der Waals surface area contributed by atoms with E-state index in [1.54, 1.807) is 11.3 Å². The van der Waals surface area contributed by atoms with E-state index < -0.39 is 0 Å². The predicted octanol–water partition coefficient (Wildman–Crippen LogP) is 4.18. The third kappa shape index (κ3) is 4.66. The van der Waals surface area contributed by atoms with Crippen LogP contribution in [0.1, 0.15) is 29.3 Å². The SMILES string of the molecule is CCCNCc1cc(C)ccc1OCCc1cccs1. The van der Waals surface area contributed by atoms with E-state index in [1.165, 1.54) is 16.0 Å². The molecule has 0 atom stereocenters. The fraction of sp³-hybridized carbons (Fsp3) is 0.412. The van der Waals surface area contributed by atoms with Gasteiger partial charge in [-0.1, -0.05) is 30.7 Å². The lowest BCUT2D eigenvalue weighted by Gasteiger charge is -2.13. The molecule has 0 amide bonds. The van der Waals surface area contributed by atoms with Crippen LogP contribution in [0.3, 0.4) is 0 Å². The van der Waals surface area contributed by atoms with Gasteiger partial charge in [-0.2, -0.15) is 0 Å². The number of hydrogen-bond donors (Lipinski definition) is 1. The van der Waals surface area contributed by atoms with E-state index in [1.807, 2.05) is 0 Å². The number of rotatable bonds is 8. The minimum atomic E-state index is 0.740. The highest BCUT2D eigenvalue weighted by Crippen LogP contribution is 2.20. The summed E-state index contributed by atoms with van der Waals surface area (Å²) in [7, 11) is 0. The van der Waals surface area contributed by atoms with Gasteiger partial charge in [0.15, 0.2) is 0 Å². The van der Waals surface area contributed by atoms with Crippen LogP contribution in [0.4, 0.5) is 0 Å². The summed E-state index contributed by atoms with van der Waals surface area (Å²) >= 11 is 1.79. The molecule has 2 rings (SSSR count). The number of aryl methyl sites for hydroxylation is 1. The number of thiophene rings is 1. The van der Waals surface area contributed by atoms with Gasteiger partial charge in [-0.15, -0.1) is 11.3 Å². The van der Waals surface area contributed by atoms with Crippen molar-refractivity contribution in [2.45, 2.75) is 33.2 Å². The highest BCUT2D eigenvalue weighted by Gasteiger charge is 2.04. The number of hydrogen-bond acceptors (Lipinski definition) is 3. The Morgan fingerprint density at radius 2 is 2.15 bits per heavy atom. The summed E-state index contributed by atoms with van der Waals surface area (Å²) in [6.45, 7) is 6.97. The average Bonchev–Trinajstić information content (AvgIpc) is 2.95. The first-order valence-corrected chi connectivity index (χ1v) is 8.13. The molecule has 1 N–H and O–H groups in total. The van der Waals surface area contributed by atoms with Crippen molar-refractivity contribution in [2.75, 3.05) is 13.2 Å². The zero-order chi connectivity index (χ0) is 14.2. The van der Waals surface area contributed by atoms with E-state index in [4.69, 9.17) is 4.74 Å². The van der Waals surface area contributed by atoms with E-state index >= 15 is 0 Å². The number of nitrogens with one attached hydrogen (secondary N) is 1. The lowest BCUT2D eigenvalue weighted by Crippen LogP contribution is -2.15. The Hall–Kier alpha value is -1.32. The zero-order valence-corrected chi connectivity index (χ0v) is 13.1. The summed E-state index contributed by atoms with van der Waals surface area (Å²) in [5.74, 6) is 1.01. The fourth-order valence-electron chi connectivity index (χ4n) is 2.10. The van der Waals surface area contributed by atoms with Gasteiger partial charge in [0.1, 0.15) is 5.75 Å². The molecule has 0 radical (unpaired) electrons. The summed E-state index contributed by atoms with van der Waals surface area (Å²) in [4.78, 5) is 1.38. The quantitative estimate of drug-likeness (QED) is 0.736. The molecular formula is C17H23NOS. The predicted molar refractivity (Wildman–Crippen MR) is 86.7 cm³/mol. The monoisotopic (exact) mass is 289 g/mol. The second kappa shape index (κ2) is 8.08. The molecule has 0 bridgehead atoms. The Labute approximate surface area is 125 Å². The van der Waals surface area contributed by atoms with Crippen LogP contribution in [-0.2, 0) is 13.0 Å². The van der Waals surface area contributed by atoms with Crippen molar-refractivity contribution in [1.82, 2.24) is 5.32 Å². The van der Waals surface area contributed by atoms with Gasteiger partial charge < -0.3 is 10.1 Å². The van der Waals surface area contributed by atoms with Crippen LogP contribution in [0, 0.1) is 6.92 Å². The molecule has 0 aliphatic rings. The van der Waals surface area contributed by atoms with Crippen LogP contribution in [0.15, 0.2) is 35.7 Å². The van der Waals surface area contributed by atoms with Crippen LogP contribution in [0.5, 0.6) is 5.75 Å². The maximum Gasteiger partial charge on any atom is 0.123 e. The molecule has 0 fully saturated rings.